The summed E-state index contributed by atoms with van der Waals surface area (Å²) in [4.78, 5) is 22.1. The van der Waals surface area contributed by atoms with E-state index in [1.54, 1.807) is 6.07 Å². The van der Waals surface area contributed by atoms with E-state index in [2.05, 4.69) is 10.1 Å². The highest BCUT2D eigenvalue weighted by atomic mass is 19.4. The van der Waals surface area contributed by atoms with Gasteiger partial charge < -0.3 is 14.8 Å². The van der Waals surface area contributed by atoms with Crippen LogP contribution in [-0.4, -0.2) is 23.8 Å². The lowest BCUT2D eigenvalue weighted by atomic mass is 10.2. The SMILES string of the molecule is O=C(CCCOc1ccccc1[N+](=O)[O-])Nc1ccc(OC(F)(F)F)cc1. The number of benzene rings is 2. The Morgan fingerprint density at radius 3 is 2.41 bits per heavy atom. The number of para-hydroxylation sites is 2. The highest BCUT2D eigenvalue weighted by molar-refractivity contribution is 5.90. The van der Waals surface area contributed by atoms with Crippen LogP contribution in [0.5, 0.6) is 11.5 Å². The van der Waals surface area contributed by atoms with E-state index >= 15 is 0 Å². The summed E-state index contributed by atoms with van der Waals surface area (Å²) in [5, 5.41) is 13.4. The predicted molar refractivity (Wildman–Crippen MR) is 89.6 cm³/mol. The van der Waals surface area contributed by atoms with E-state index in [4.69, 9.17) is 4.74 Å². The number of nitrogens with zero attached hydrogens (tertiary/aromatic N) is 1. The molecular weight excluding hydrogens is 369 g/mol. The van der Waals surface area contributed by atoms with Crippen LogP contribution in [0.25, 0.3) is 0 Å². The number of nitro benzene ring substituents is 1. The van der Waals surface area contributed by atoms with Crippen LogP contribution in [0.4, 0.5) is 24.5 Å². The van der Waals surface area contributed by atoms with E-state index in [1.807, 2.05) is 0 Å². The van der Waals surface area contributed by atoms with Crippen LogP contribution < -0.4 is 14.8 Å². The summed E-state index contributed by atoms with van der Waals surface area (Å²) >= 11 is 0. The molecule has 0 aliphatic carbocycles. The minimum absolute atomic E-state index is 0.0709. The average Bonchev–Trinajstić information content (AvgIpc) is 2.59. The molecule has 0 saturated heterocycles. The molecule has 0 heterocycles. The van der Waals surface area contributed by atoms with Crippen LogP contribution in [0.2, 0.25) is 0 Å². The Bertz CT molecular complexity index is 794. The lowest BCUT2D eigenvalue weighted by molar-refractivity contribution is -0.385. The first kappa shape index (κ1) is 20.0. The van der Waals surface area contributed by atoms with Gasteiger partial charge in [-0.25, -0.2) is 0 Å². The Labute approximate surface area is 151 Å². The van der Waals surface area contributed by atoms with Crippen molar-refractivity contribution in [2.24, 2.45) is 0 Å². The molecule has 7 nitrogen and oxygen atoms in total. The average molecular weight is 384 g/mol. The van der Waals surface area contributed by atoms with Crippen molar-refractivity contribution in [3.05, 3.63) is 58.6 Å². The molecule has 0 saturated carbocycles. The van der Waals surface area contributed by atoms with E-state index in [0.717, 1.165) is 12.1 Å². The van der Waals surface area contributed by atoms with Gasteiger partial charge in [0.2, 0.25) is 5.91 Å². The summed E-state index contributed by atoms with van der Waals surface area (Å²) in [6.07, 6.45) is -4.41. The second-order valence-corrected chi connectivity index (χ2v) is 5.30. The van der Waals surface area contributed by atoms with Gasteiger partial charge in [0.05, 0.1) is 11.5 Å². The molecule has 2 aromatic rings. The monoisotopic (exact) mass is 384 g/mol. The lowest BCUT2D eigenvalue weighted by Gasteiger charge is -2.10. The molecule has 1 N–H and O–H groups in total. The third-order valence-electron chi connectivity index (χ3n) is 3.24. The van der Waals surface area contributed by atoms with Crippen molar-refractivity contribution in [2.75, 3.05) is 11.9 Å². The molecule has 2 aromatic carbocycles. The Kier molecular flexibility index (Phi) is 6.58. The third-order valence-corrected chi connectivity index (χ3v) is 3.24. The summed E-state index contributed by atoms with van der Waals surface area (Å²) in [6, 6.07) is 10.6. The third kappa shape index (κ3) is 6.84. The van der Waals surface area contributed by atoms with Gasteiger partial charge in [0.15, 0.2) is 5.75 Å². The molecule has 0 aliphatic heterocycles. The Morgan fingerprint density at radius 1 is 1.11 bits per heavy atom. The fraction of sp³-hybridized carbons (Fsp3) is 0.235. The fourth-order valence-electron chi connectivity index (χ4n) is 2.11. The van der Waals surface area contributed by atoms with Gasteiger partial charge in [0.1, 0.15) is 5.75 Å². The Balaban J connectivity index is 1.76. The maximum absolute atomic E-state index is 12.1. The lowest BCUT2D eigenvalue weighted by Crippen LogP contribution is -2.17. The molecule has 0 unspecified atom stereocenters. The van der Waals surface area contributed by atoms with Crippen molar-refractivity contribution < 1.29 is 32.4 Å². The zero-order chi connectivity index (χ0) is 19.9. The van der Waals surface area contributed by atoms with E-state index in [0.29, 0.717) is 12.1 Å². The minimum atomic E-state index is -4.78. The number of rotatable bonds is 8. The molecule has 0 spiro atoms. The number of carbonyl (C=O) groups is 1. The topological polar surface area (TPSA) is 90.7 Å². The summed E-state index contributed by atoms with van der Waals surface area (Å²) in [6.45, 7) is 0.0939. The highest BCUT2D eigenvalue weighted by Crippen LogP contribution is 2.26. The number of nitrogens with one attached hydrogen (secondary N) is 1. The number of hydrogen-bond donors (Lipinski definition) is 1. The molecule has 1 amide bonds. The molecule has 144 valence electrons. The second kappa shape index (κ2) is 8.88. The first-order chi connectivity index (χ1) is 12.7. The Morgan fingerprint density at radius 2 is 1.78 bits per heavy atom. The van der Waals surface area contributed by atoms with Gasteiger partial charge in [-0.05, 0) is 36.8 Å². The minimum Gasteiger partial charge on any atom is -0.487 e. The summed E-state index contributed by atoms with van der Waals surface area (Å²) in [7, 11) is 0. The summed E-state index contributed by atoms with van der Waals surface area (Å²) in [5.74, 6) is -0.646. The van der Waals surface area contributed by atoms with Crippen molar-refractivity contribution in [1.29, 1.82) is 0 Å². The van der Waals surface area contributed by atoms with E-state index in [1.165, 1.54) is 30.3 Å². The first-order valence-electron chi connectivity index (χ1n) is 7.76. The quantitative estimate of drug-likeness (QED) is 0.416. The molecule has 27 heavy (non-hydrogen) atoms. The van der Waals surface area contributed by atoms with Gasteiger partial charge in [0.25, 0.3) is 0 Å². The van der Waals surface area contributed by atoms with Crippen LogP contribution in [0.3, 0.4) is 0 Å². The summed E-state index contributed by atoms with van der Waals surface area (Å²) < 4.78 is 45.3. The van der Waals surface area contributed by atoms with Crippen LogP contribution in [0.1, 0.15) is 12.8 Å². The Hall–Kier alpha value is -3.30. The van der Waals surface area contributed by atoms with Crippen molar-refractivity contribution in [1.82, 2.24) is 0 Å². The fourth-order valence-corrected chi connectivity index (χ4v) is 2.11. The van der Waals surface area contributed by atoms with Gasteiger partial charge >= 0.3 is 12.0 Å². The van der Waals surface area contributed by atoms with Gasteiger partial charge in [-0.2, -0.15) is 0 Å². The van der Waals surface area contributed by atoms with Crippen LogP contribution >= 0.6 is 0 Å². The first-order valence-corrected chi connectivity index (χ1v) is 7.76. The van der Waals surface area contributed by atoms with E-state index < -0.39 is 17.0 Å². The van der Waals surface area contributed by atoms with Crippen LogP contribution in [-0.2, 0) is 4.79 Å². The molecule has 0 aromatic heterocycles. The molecule has 0 bridgehead atoms. The van der Waals surface area contributed by atoms with E-state index in [9.17, 15) is 28.1 Å². The maximum atomic E-state index is 12.1. The number of carbonyl (C=O) groups excluding carboxylic acids is 1. The van der Waals surface area contributed by atoms with Gasteiger partial charge in [0, 0.05) is 18.2 Å². The number of nitro groups is 1. The highest BCUT2D eigenvalue weighted by Gasteiger charge is 2.30. The van der Waals surface area contributed by atoms with E-state index in [-0.39, 0.29) is 30.4 Å². The standard InChI is InChI=1S/C17H15F3N2O5/c18-17(19,20)27-13-9-7-12(8-10-13)21-16(23)6-3-11-26-15-5-2-1-4-14(15)22(24)25/h1-2,4-5,7-10H,3,6,11H2,(H,21,23). The number of ether oxygens (including phenoxy) is 2. The number of halogens is 3. The van der Waals surface area contributed by atoms with Gasteiger partial charge in [-0.15, -0.1) is 13.2 Å². The second-order valence-electron chi connectivity index (χ2n) is 5.30. The molecule has 10 heteroatoms. The summed E-state index contributed by atoms with van der Waals surface area (Å²) in [5.41, 5.74) is 0.150. The molecule has 2 rings (SSSR count). The van der Waals surface area contributed by atoms with Crippen molar-refractivity contribution in [3.63, 3.8) is 0 Å². The number of alkyl halides is 3. The van der Waals surface area contributed by atoms with Gasteiger partial charge in [-0.1, -0.05) is 12.1 Å². The van der Waals surface area contributed by atoms with Crippen LogP contribution in [0, 0.1) is 10.1 Å². The predicted octanol–water partition coefficient (Wildman–Crippen LogP) is 4.29. The zero-order valence-corrected chi connectivity index (χ0v) is 13.9. The van der Waals surface area contributed by atoms with Crippen molar-refractivity contribution >= 4 is 17.3 Å². The van der Waals surface area contributed by atoms with Crippen molar-refractivity contribution in [3.8, 4) is 11.5 Å². The van der Waals surface area contributed by atoms with Gasteiger partial charge in [-0.3, -0.25) is 14.9 Å². The van der Waals surface area contributed by atoms with Crippen molar-refractivity contribution in [2.45, 2.75) is 19.2 Å². The molecule has 0 atom stereocenters. The number of amides is 1. The number of anilines is 1. The van der Waals surface area contributed by atoms with Crippen LogP contribution in [0.15, 0.2) is 48.5 Å². The smallest absolute Gasteiger partial charge is 0.487 e. The normalized spacial score (nSPS) is 10.9. The molecule has 0 fully saturated rings. The maximum Gasteiger partial charge on any atom is 0.573 e. The number of hydrogen-bond acceptors (Lipinski definition) is 5. The zero-order valence-electron chi connectivity index (χ0n) is 13.9. The molecular formula is C17H15F3N2O5. The molecule has 0 radical (unpaired) electrons. The largest absolute Gasteiger partial charge is 0.573 e. The molecule has 0 aliphatic rings.